The van der Waals surface area contributed by atoms with Gasteiger partial charge in [0.25, 0.3) is 0 Å². The van der Waals surface area contributed by atoms with Gasteiger partial charge in [0.15, 0.2) is 0 Å². The summed E-state index contributed by atoms with van der Waals surface area (Å²) in [5.74, 6) is 0.345. The third-order valence-corrected chi connectivity index (χ3v) is 4.90. The minimum Gasteiger partial charge on any atom is -0.492 e. The minimum absolute atomic E-state index is 0.0912. The predicted octanol–water partition coefficient (Wildman–Crippen LogP) is 5.90. The number of benzene rings is 2. The molecule has 0 fully saturated rings. The van der Waals surface area contributed by atoms with Crippen LogP contribution in [0.2, 0.25) is 0 Å². The second-order valence-electron chi connectivity index (χ2n) is 6.85. The molecular formula is C23H28BrNO4. The average molecular weight is 462 g/mol. The zero-order valence-electron chi connectivity index (χ0n) is 17.0. The van der Waals surface area contributed by atoms with Crippen molar-refractivity contribution < 1.29 is 19.1 Å². The van der Waals surface area contributed by atoms with Crippen LogP contribution in [-0.2, 0) is 9.53 Å². The molecule has 2 aromatic rings. The molecule has 0 saturated carbocycles. The number of hydrogen-bond acceptors (Lipinski definition) is 4. The third kappa shape index (κ3) is 8.28. The van der Waals surface area contributed by atoms with E-state index in [1.54, 1.807) is 24.3 Å². The number of halogens is 1. The van der Waals surface area contributed by atoms with E-state index in [1.807, 2.05) is 25.1 Å². The van der Waals surface area contributed by atoms with Crippen LogP contribution in [0.3, 0.4) is 0 Å². The van der Waals surface area contributed by atoms with Crippen molar-refractivity contribution >= 4 is 33.5 Å². The Balaban J connectivity index is 1.70. The molecule has 0 aliphatic carbocycles. The van der Waals surface area contributed by atoms with Crippen LogP contribution in [0.25, 0.3) is 0 Å². The van der Waals surface area contributed by atoms with E-state index >= 15 is 0 Å². The number of amides is 1. The Morgan fingerprint density at radius 2 is 1.76 bits per heavy atom. The number of carbonyl (C=O) groups excluding carboxylic acids is 2. The second-order valence-corrected chi connectivity index (χ2v) is 7.71. The van der Waals surface area contributed by atoms with Gasteiger partial charge in [0.05, 0.1) is 23.2 Å². The lowest BCUT2D eigenvalue weighted by Crippen LogP contribution is -2.13. The van der Waals surface area contributed by atoms with Crippen molar-refractivity contribution in [3.63, 3.8) is 0 Å². The van der Waals surface area contributed by atoms with Gasteiger partial charge in [0, 0.05) is 12.1 Å². The lowest BCUT2D eigenvalue weighted by molar-refractivity contribution is -0.116. The van der Waals surface area contributed by atoms with Gasteiger partial charge < -0.3 is 14.8 Å². The highest BCUT2D eigenvalue weighted by atomic mass is 79.9. The maximum atomic E-state index is 12.1. The summed E-state index contributed by atoms with van der Waals surface area (Å²) in [6.07, 6.45) is 3.97. The monoisotopic (exact) mass is 461 g/mol. The maximum absolute atomic E-state index is 12.1. The number of carbonyl (C=O) groups is 2. The van der Waals surface area contributed by atoms with E-state index in [1.165, 1.54) is 0 Å². The quantitative estimate of drug-likeness (QED) is 0.334. The van der Waals surface area contributed by atoms with Crippen molar-refractivity contribution in [3.8, 4) is 5.75 Å². The number of rotatable bonds is 11. The summed E-state index contributed by atoms with van der Waals surface area (Å²) < 4.78 is 11.8. The molecule has 29 heavy (non-hydrogen) atoms. The van der Waals surface area contributed by atoms with Gasteiger partial charge >= 0.3 is 5.97 Å². The van der Waals surface area contributed by atoms with Crippen LogP contribution in [0.15, 0.2) is 46.9 Å². The molecule has 6 heteroatoms. The summed E-state index contributed by atoms with van der Waals surface area (Å²) >= 11 is 3.47. The minimum atomic E-state index is -0.335. The Hall–Kier alpha value is -2.34. The SMILES string of the molecule is CCCCCOC(=O)c1ccc(NC(=O)CCCOc2ccc(C)cc2Br)cc1. The van der Waals surface area contributed by atoms with Crippen molar-refractivity contribution in [2.75, 3.05) is 18.5 Å². The molecule has 0 unspecified atom stereocenters. The van der Waals surface area contributed by atoms with Gasteiger partial charge in [-0.1, -0.05) is 25.8 Å². The highest BCUT2D eigenvalue weighted by Crippen LogP contribution is 2.25. The first-order valence-electron chi connectivity index (χ1n) is 9.95. The number of ether oxygens (including phenoxy) is 2. The first-order valence-corrected chi connectivity index (χ1v) is 10.7. The van der Waals surface area contributed by atoms with Crippen LogP contribution in [-0.4, -0.2) is 25.1 Å². The van der Waals surface area contributed by atoms with Crippen LogP contribution in [0, 0.1) is 6.92 Å². The fourth-order valence-corrected chi connectivity index (χ4v) is 3.26. The molecule has 0 atom stereocenters. The molecule has 5 nitrogen and oxygen atoms in total. The van der Waals surface area contributed by atoms with Gasteiger partial charge in [-0.3, -0.25) is 4.79 Å². The molecular weight excluding hydrogens is 434 g/mol. The van der Waals surface area contributed by atoms with Crippen molar-refractivity contribution in [3.05, 3.63) is 58.1 Å². The van der Waals surface area contributed by atoms with Crippen LogP contribution in [0.1, 0.15) is 54.9 Å². The van der Waals surface area contributed by atoms with Crippen LogP contribution in [0.4, 0.5) is 5.69 Å². The van der Waals surface area contributed by atoms with E-state index in [4.69, 9.17) is 9.47 Å². The molecule has 0 aromatic heterocycles. The number of anilines is 1. The Morgan fingerprint density at radius 1 is 1.00 bits per heavy atom. The van der Waals surface area contributed by atoms with Gasteiger partial charge in [0.1, 0.15) is 5.75 Å². The van der Waals surface area contributed by atoms with E-state index in [0.29, 0.717) is 37.3 Å². The molecule has 0 heterocycles. The highest BCUT2D eigenvalue weighted by Gasteiger charge is 2.08. The molecule has 0 saturated heterocycles. The molecule has 156 valence electrons. The summed E-state index contributed by atoms with van der Waals surface area (Å²) in [5, 5.41) is 2.83. The average Bonchev–Trinajstić information content (AvgIpc) is 2.70. The summed E-state index contributed by atoms with van der Waals surface area (Å²) in [6.45, 7) is 5.01. The van der Waals surface area contributed by atoms with E-state index in [9.17, 15) is 9.59 Å². The van der Waals surface area contributed by atoms with Crippen LogP contribution < -0.4 is 10.1 Å². The van der Waals surface area contributed by atoms with Gasteiger partial charge in [0.2, 0.25) is 5.91 Å². The standard InChI is InChI=1S/C23H28BrNO4/c1-3-4-5-14-29-23(27)18-9-11-19(12-10-18)25-22(26)7-6-15-28-21-13-8-17(2)16-20(21)24/h8-13,16H,3-7,14-15H2,1-2H3,(H,25,26). The van der Waals surface area contributed by atoms with Gasteiger partial charge in [-0.25, -0.2) is 4.79 Å². The number of unbranched alkanes of at least 4 members (excludes halogenated alkanes) is 2. The zero-order valence-corrected chi connectivity index (χ0v) is 18.6. The van der Waals surface area contributed by atoms with Gasteiger partial charge in [-0.15, -0.1) is 0 Å². The number of aryl methyl sites for hydroxylation is 1. The molecule has 0 spiro atoms. The summed E-state index contributed by atoms with van der Waals surface area (Å²) in [6, 6.07) is 12.6. The summed E-state index contributed by atoms with van der Waals surface area (Å²) in [4.78, 5) is 24.0. The second kappa shape index (κ2) is 12.3. The van der Waals surface area contributed by atoms with Crippen molar-refractivity contribution in [1.82, 2.24) is 0 Å². The summed E-state index contributed by atoms with van der Waals surface area (Å²) in [7, 11) is 0. The van der Waals surface area contributed by atoms with E-state index in [0.717, 1.165) is 35.0 Å². The summed E-state index contributed by atoms with van der Waals surface area (Å²) in [5.41, 5.74) is 2.29. The fraction of sp³-hybridized carbons (Fsp3) is 0.391. The molecule has 2 aromatic carbocycles. The van der Waals surface area contributed by atoms with E-state index in [2.05, 4.69) is 28.2 Å². The zero-order chi connectivity index (χ0) is 21.1. The maximum Gasteiger partial charge on any atom is 0.338 e. The highest BCUT2D eigenvalue weighted by molar-refractivity contribution is 9.10. The molecule has 0 aliphatic rings. The normalized spacial score (nSPS) is 10.4. The molecule has 1 amide bonds. The van der Waals surface area contributed by atoms with Crippen molar-refractivity contribution in [1.29, 1.82) is 0 Å². The van der Waals surface area contributed by atoms with Crippen molar-refractivity contribution in [2.45, 2.75) is 46.0 Å². The number of esters is 1. The number of nitrogens with one attached hydrogen (secondary N) is 1. The number of hydrogen-bond donors (Lipinski definition) is 1. The van der Waals surface area contributed by atoms with Crippen molar-refractivity contribution in [2.24, 2.45) is 0 Å². The lowest BCUT2D eigenvalue weighted by atomic mass is 10.2. The third-order valence-electron chi connectivity index (χ3n) is 4.28. The Morgan fingerprint density at radius 3 is 2.45 bits per heavy atom. The van der Waals surface area contributed by atoms with E-state index < -0.39 is 0 Å². The van der Waals surface area contributed by atoms with Crippen LogP contribution >= 0.6 is 15.9 Å². The molecule has 0 bridgehead atoms. The smallest absolute Gasteiger partial charge is 0.338 e. The Kier molecular flexibility index (Phi) is 9.71. The fourth-order valence-electron chi connectivity index (χ4n) is 2.65. The first-order chi connectivity index (χ1) is 14.0. The van der Waals surface area contributed by atoms with E-state index in [-0.39, 0.29) is 11.9 Å². The first kappa shape index (κ1) is 22.9. The Bertz CT molecular complexity index is 805. The topological polar surface area (TPSA) is 64.6 Å². The molecule has 0 aliphatic heterocycles. The largest absolute Gasteiger partial charge is 0.492 e. The molecule has 0 radical (unpaired) electrons. The molecule has 1 N–H and O–H groups in total. The predicted molar refractivity (Wildman–Crippen MR) is 118 cm³/mol. The lowest BCUT2D eigenvalue weighted by Gasteiger charge is -2.09. The Labute approximate surface area is 180 Å². The van der Waals surface area contributed by atoms with Crippen LogP contribution in [0.5, 0.6) is 5.75 Å². The molecule has 2 rings (SSSR count). The van der Waals surface area contributed by atoms with Gasteiger partial charge in [-0.2, -0.15) is 0 Å². The van der Waals surface area contributed by atoms with Gasteiger partial charge in [-0.05, 0) is 77.7 Å².